The molecule has 1 aromatic heterocycles. The van der Waals surface area contributed by atoms with Crippen molar-refractivity contribution >= 4 is 21.8 Å². The molecular formula is C33H35N3O7S. The lowest BCUT2D eigenvalue weighted by molar-refractivity contribution is -0.142. The maximum atomic E-state index is 13.8. The number of morpholine rings is 1. The molecule has 0 aliphatic carbocycles. The van der Waals surface area contributed by atoms with E-state index in [-0.39, 0.29) is 36.9 Å². The first-order valence-corrected chi connectivity index (χ1v) is 15.8. The van der Waals surface area contributed by atoms with Crippen LogP contribution in [0.15, 0.2) is 113 Å². The second-order valence-electron chi connectivity index (χ2n) is 10.3. The van der Waals surface area contributed by atoms with Crippen LogP contribution in [0, 0.1) is 0 Å². The van der Waals surface area contributed by atoms with Gasteiger partial charge in [0.15, 0.2) is 6.61 Å². The van der Waals surface area contributed by atoms with Crippen LogP contribution < -0.4 is 10.1 Å². The van der Waals surface area contributed by atoms with Gasteiger partial charge in [0, 0.05) is 26.1 Å². The summed E-state index contributed by atoms with van der Waals surface area (Å²) in [6.07, 6.45) is 1.83. The molecule has 0 spiro atoms. The maximum Gasteiger partial charge on any atom is 0.261 e. The molecule has 10 nitrogen and oxygen atoms in total. The van der Waals surface area contributed by atoms with Crippen molar-refractivity contribution in [2.75, 3.05) is 32.9 Å². The van der Waals surface area contributed by atoms with Gasteiger partial charge < -0.3 is 24.1 Å². The third kappa shape index (κ3) is 8.13. The monoisotopic (exact) mass is 617 g/mol. The molecule has 11 heteroatoms. The number of hydrogen-bond acceptors (Lipinski definition) is 7. The Morgan fingerprint density at radius 3 is 2.16 bits per heavy atom. The lowest BCUT2D eigenvalue weighted by Gasteiger charge is -2.31. The molecule has 1 fully saturated rings. The zero-order valence-corrected chi connectivity index (χ0v) is 25.0. The molecule has 5 rings (SSSR count). The van der Waals surface area contributed by atoms with E-state index in [4.69, 9.17) is 13.9 Å². The number of sulfonamides is 1. The van der Waals surface area contributed by atoms with Gasteiger partial charge in [0.2, 0.25) is 15.9 Å². The number of carbonyl (C=O) groups is 2. The topological polar surface area (TPSA) is 118 Å². The highest BCUT2D eigenvalue weighted by Crippen LogP contribution is 2.21. The summed E-state index contributed by atoms with van der Waals surface area (Å²) >= 11 is 0. The molecule has 230 valence electrons. The lowest BCUT2D eigenvalue weighted by atomic mass is 10.0. The number of nitrogens with one attached hydrogen (secondary N) is 1. The van der Waals surface area contributed by atoms with Gasteiger partial charge >= 0.3 is 0 Å². The molecule has 1 atom stereocenters. The molecule has 1 aliphatic rings. The van der Waals surface area contributed by atoms with Gasteiger partial charge in [-0.05, 0) is 47.5 Å². The van der Waals surface area contributed by atoms with Crippen LogP contribution in [0.1, 0.15) is 16.9 Å². The molecule has 0 bridgehead atoms. The van der Waals surface area contributed by atoms with Gasteiger partial charge in [-0.25, -0.2) is 8.42 Å². The second kappa shape index (κ2) is 14.8. The Labute approximate surface area is 257 Å². The fraction of sp³-hybridized carbons (Fsp3) is 0.273. The summed E-state index contributed by atoms with van der Waals surface area (Å²) in [6.45, 7) is 1.32. The highest BCUT2D eigenvalue weighted by Gasteiger charge is 2.31. The zero-order chi connectivity index (χ0) is 30.8. The molecular weight excluding hydrogens is 582 g/mol. The van der Waals surface area contributed by atoms with E-state index in [1.54, 1.807) is 12.1 Å². The van der Waals surface area contributed by atoms with Crippen molar-refractivity contribution in [2.45, 2.75) is 30.4 Å². The molecule has 1 N–H and O–H groups in total. The predicted molar refractivity (Wildman–Crippen MR) is 163 cm³/mol. The van der Waals surface area contributed by atoms with Crippen molar-refractivity contribution in [3.8, 4) is 5.75 Å². The Morgan fingerprint density at radius 2 is 1.52 bits per heavy atom. The van der Waals surface area contributed by atoms with E-state index < -0.39 is 22.0 Å². The SMILES string of the molecule is O=C(NCc1ccco1)C(Cc1ccccc1)N(Cc1ccccc1)C(=O)COc1ccc(S(=O)(=O)N2CCOCC2)cc1. The van der Waals surface area contributed by atoms with E-state index in [2.05, 4.69) is 5.32 Å². The predicted octanol–water partition coefficient (Wildman–Crippen LogP) is 3.64. The largest absolute Gasteiger partial charge is 0.484 e. The quantitative estimate of drug-likeness (QED) is 0.243. The van der Waals surface area contributed by atoms with Crippen LogP contribution in [-0.4, -0.2) is 68.4 Å². The average molecular weight is 618 g/mol. The van der Waals surface area contributed by atoms with Gasteiger partial charge in [0.05, 0.1) is 30.9 Å². The molecule has 2 heterocycles. The van der Waals surface area contributed by atoms with Crippen molar-refractivity contribution < 1.29 is 31.9 Å². The van der Waals surface area contributed by atoms with E-state index in [0.717, 1.165) is 11.1 Å². The van der Waals surface area contributed by atoms with Gasteiger partial charge in [-0.3, -0.25) is 9.59 Å². The van der Waals surface area contributed by atoms with Crippen LogP contribution in [0.2, 0.25) is 0 Å². The minimum absolute atomic E-state index is 0.139. The summed E-state index contributed by atoms with van der Waals surface area (Å²) < 4.78 is 43.8. The smallest absolute Gasteiger partial charge is 0.261 e. The summed E-state index contributed by atoms with van der Waals surface area (Å²) in [5, 5.41) is 2.91. The van der Waals surface area contributed by atoms with Gasteiger partial charge in [0.1, 0.15) is 17.6 Å². The van der Waals surface area contributed by atoms with Crippen LogP contribution in [-0.2, 0) is 43.9 Å². The molecule has 4 aromatic rings. The van der Waals surface area contributed by atoms with Gasteiger partial charge in [0.25, 0.3) is 5.91 Å². The van der Waals surface area contributed by atoms with Crippen molar-refractivity contribution in [2.24, 2.45) is 0 Å². The Bertz CT molecular complexity index is 1590. The molecule has 2 amide bonds. The maximum absolute atomic E-state index is 13.8. The Hall–Kier alpha value is -4.45. The molecule has 3 aromatic carbocycles. The van der Waals surface area contributed by atoms with E-state index in [1.165, 1.54) is 39.7 Å². The average Bonchev–Trinajstić information content (AvgIpc) is 3.59. The number of benzene rings is 3. The number of carbonyl (C=O) groups excluding carboxylic acids is 2. The highest BCUT2D eigenvalue weighted by molar-refractivity contribution is 7.89. The van der Waals surface area contributed by atoms with Crippen LogP contribution >= 0.6 is 0 Å². The molecule has 44 heavy (non-hydrogen) atoms. The number of hydrogen-bond donors (Lipinski definition) is 1. The third-order valence-corrected chi connectivity index (χ3v) is 9.19. The molecule has 1 unspecified atom stereocenters. The third-order valence-electron chi connectivity index (χ3n) is 7.28. The Balaban J connectivity index is 1.33. The number of nitrogens with zero attached hydrogens (tertiary/aromatic N) is 2. The summed E-state index contributed by atoms with van der Waals surface area (Å²) in [5.41, 5.74) is 1.75. The van der Waals surface area contributed by atoms with E-state index >= 15 is 0 Å². The lowest BCUT2D eigenvalue weighted by Crippen LogP contribution is -2.51. The molecule has 1 aliphatic heterocycles. The Morgan fingerprint density at radius 1 is 0.864 bits per heavy atom. The van der Waals surface area contributed by atoms with Gasteiger partial charge in [-0.1, -0.05) is 60.7 Å². The van der Waals surface area contributed by atoms with Crippen LogP contribution in [0.5, 0.6) is 5.75 Å². The van der Waals surface area contributed by atoms with E-state index in [0.29, 0.717) is 37.8 Å². The normalized spacial score (nSPS) is 14.5. The summed E-state index contributed by atoms with van der Waals surface area (Å²) in [6, 6.07) is 27.6. The van der Waals surface area contributed by atoms with E-state index in [1.807, 2.05) is 60.7 Å². The summed E-state index contributed by atoms with van der Waals surface area (Å²) in [7, 11) is -3.66. The summed E-state index contributed by atoms with van der Waals surface area (Å²) in [5.74, 6) is 0.209. The Kier molecular flexibility index (Phi) is 10.4. The molecule has 0 saturated carbocycles. The first kappa shape index (κ1) is 31.0. The molecule has 0 radical (unpaired) electrons. The highest BCUT2D eigenvalue weighted by atomic mass is 32.2. The minimum Gasteiger partial charge on any atom is -0.484 e. The van der Waals surface area contributed by atoms with Crippen LogP contribution in [0.4, 0.5) is 0 Å². The second-order valence-corrected chi connectivity index (χ2v) is 12.2. The van der Waals surface area contributed by atoms with Crippen molar-refractivity contribution in [3.63, 3.8) is 0 Å². The van der Waals surface area contributed by atoms with Crippen molar-refractivity contribution in [1.29, 1.82) is 0 Å². The fourth-order valence-corrected chi connectivity index (χ4v) is 6.32. The number of ether oxygens (including phenoxy) is 2. The fourth-order valence-electron chi connectivity index (χ4n) is 4.91. The minimum atomic E-state index is -3.66. The first-order chi connectivity index (χ1) is 21.4. The van der Waals surface area contributed by atoms with E-state index in [9.17, 15) is 18.0 Å². The van der Waals surface area contributed by atoms with Crippen LogP contribution in [0.3, 0.4) is 0 Å². The zero-order valence-electron chi connectivity index (χ0n) is 24.2. The first-order valence-electron chi connectivity index (χ1n) is 14.4. The summed E-state index contributed by atoms with van der Waals surface area (Å²) in [4.78, 5) is 29.1. The van der Waals surface area contributed by atoms with Crippen molar-refractivity contribution in [1.82, 2.24) is 14.5 Å². The van der Waals surface area contributed by atoms with Crippen LogP contribution in [0.25, 0.3) is 0 Å². The molecule has 1 saturated heterocycles. The van der Waals surface area contributed by atoms with Gasteiger partial charge in [-0.2, -0.15) is 4.31 Å². The number of furan rings is 1. The standard InChI is InChI=1S/C33H35N3O7S/c37-32(25-43-28-13-15-30(16-14-28)44(39,40)35-17-20-41-21-18-35)36(24-27-10-5-2-6-11-27)31(22-26-8-3-1-4-9-26)33(38)34-23-29-12-7-19-42-29/h1-16,19,31H,17-18,20-25H2,(H,34,38). The van der Waals surface area contributed by atoms with Gasteiger partial charge in [-0.15, -0.1) is 0 Å². The van der Waals surface area contributed by atoms with Crippen molar-refractivity contribution in [3.05, 3.63) is 120 Å². The number of amides is 2. The number of rotatable bonds is 13.